The Bertz CT molecular complexity index is 899. The van der Waals surface area contributed by atoms with Crippen molar-refractivity contribution < 1.29 is 14.3 Å². The minimum atomic E-state index is 0.0396. The Hall–Kier alpha value is -2.87. The number of tetrazole rings is 1. The van der Waals surface area contributed by atoms with Crippen molar-refractivity contribution in [1.29, 1.82) is 0 Å². The molecule has 1 aromatic heterocycles. The van der Waals surface area contributed by atoms with Crippen LogP contribution >= 0.6 is 11.8 Å². The largest absolute Gasteiger partial charge is 0.497 e. The van der Waals surface area contributed by atoms with E-state index in [-0.39, 0.29) is 5.78 Å². The zero-order valence-electron chi connectivity index (χ0n) is 15.2. The Morgan fingerprint density at radius 1 is 1.11 bits per heavy atom. The van der Waals surface area contributed by atoms with E-state index in [4.69, 9.17) is 9.47 Å². The van der Waals surface area contributed by atoms with Gasteiger partial charge in [-0.1, -0.05) is 30.0 Å². The summed E-state index contributed by atoms with van der Waals surface area (Å²) in [5.74, 6) is 1.96. The molecule has 2 aromatic carbocycles. The number of rotatable bonds is 9. The van der Waals surface area contributed by atoms with Gasteiger partial charge >= 0.3 is 0 Å². The second-order valence-electron chi connectivity index (χ2n) is 5.65. The predicted octanol–water partition coefficient (Wildman–Crippen LogP) is 3.43. The molecule has 0 aliphatic carbocycles. The Labute approximate surface area is 161 Å². The number of carbonyl (C=O) groups excluding carboxylic acids is 1. The molecule has 1 heterocycles. The summed E-state index contributed by atoms with van der Waals surface area (Å²) in [5, 5.41) is 12.5. The average Bonchev–Trinajstić information content (AvgIpc) is 3.19. The fraction of sp³-hybridized carbons (Fsp3) is 0.263. The van der Waals surface area contributed by atoms with Crippen LogP contribution in [-0.4, -0.2) is 46.0 Å². The average molecular weight is 384 g/mol. The molecule has 0 N–H and O–H groups in total. The molecule has 0 radical (unpaired) electrons. The first-order valence-electron chi connectivity index (χ1n) is 8.44. The number of hydrogen-bond acceptors (Lipinski definition) is 7. The zero-order valence-corrected chi connectivity index (χ0v) is 16.0. The molecule has 0 fully saturated rings. The highest BCUT2D eigenvalue weighted by molar-refractivity contribution is 7.99. The predicted molar refractivity (Wildman–Crippen MR) is 103 cm³/mol. The molecular formula is C19H20N4O3S. The molecule has 7 nitrogen and oxygen atoms in total. The first-order chi connectivity index (χ1) is 13.2. The van der Waals surface area contributed by atoms with Crippen molar-refractivity contribution in [1.82, 2.24) is 20.2 Å². The van der Waals surface area contributed by atoms with Crippen molar-refractivity contribution in [2.75, 3.05) is 20.0 Å². The van der Waals surface area contributed by atoms with Crippen LogP contribution in [0.4, 0.5) is 0 Å². The van der Waals surface area contributed by atoms with Gasteiger partial charge in [-0.15, -0.1) is 5.10 Å². The number of carbonyl (C=O) groups is 1. The summed E-state index contributed by atoms with van der Waals surface area (Å²) < 4.78 is 12.2. The maximum absolute atomic E-state index is 12.5. The summed E-state index contributed by atoms with van der Waals surface area (Å²) in [7, 11) is 3.13. The summed E-state index contributed by atoms with van der Waals surface area (Å²) in [4.78, 5) is 12.5. The van der Waals surface area contributed by atoms with Gasteiger partial charge < -0.3 is 9.47 Å². The molecule has 3 aromatic rings. The highest BCUT2D eigenvalue weighted by atomic mass is 32.2. The highest BCUT2D eigenvalue weighted by Gasteiger charge is 2.14. The Balaban J connectivity index is 1.56. The molecular weight excluding hydrogens is 364 g/mol. The van der Waals surface area contributed by atoms with Gasteiger partial charge in [0.1, 0.15) is 11.5 Å². The number of para-hydroxylation sites is 1. The van der Waals surface area contributed by atoms with Gasteiger partial charge in [-0.05, 0) is 41.1 Å². The minimum absolute atomic E-state index is 0.0396. The van der Waals surface area contributed by atoms with Gasteiger partial charge in [0.15, 0.2) is 5.78 Å². The maximum atomic E-state index is 12.5. The number of aromatic nitrogens is 4. The van der Waals surface area contributed by atoms with Gasteiger partial charge in [0.2, 0.25) is 5.16 Å². The minimum Gasteiger partial charge on any atom is -0.497 e. The van der Waals surface area contributed by atoms with Crippen LogP contribution in [0.25, 0.3) is 5.69 Å². The fourth-order valence-corrected chi connectivity index (χ4v) is 3.39. The van der Waals surface area contributed by atoms with Gasteiger partial charge in [0, 0.05) is 18.2 Å². The van der Waals surface area contributed by atoms with Crippen LogP contribution in [0.1, 0.15) is 23.2 Å². The number of hydrogen-bond donors (Lipinski definition) is 0. The van der Waals surface area contributed by atoms with Crippen LogP contribution in [0.5, 0.6) is 11.5 Å². The fourth-order valence-electron chi connectivity index (χ4n) is 2.56. The standard InChI is InChI=1S/C19H20N4O3S/c1-25-15-10-11-16(18(13-15)26-2)17(24)9-6-12-27-19-20-21-22-23(19)14-7-4-3-5-8-14/h3-5,7-8,10-11,13H,6,9,12H2,1-2H3. The van der Waals surface area contributed by atoms with E-state index >= 15 is 0 Å². The van der Waals surface area contributed by atoms with Crippen LogP contribution in [0.3, 0.4) is 0 Å². The summed E-state index contributed by atoms with van der Waals surface area (Å²) >= 11 is 1.53. The van der Waals surface area contributed by atoms with Crippen LogP contribution in [0.15, 0.2) is 53.7 Å². The van der Waals surface area contributed by atoms with E-state index in [1.165, 1.54) is 11.8 Å². The molecule has 0 saturated heterocycles. The van der Waals surface area contributed by atoms with Crippen molar-refractivity contribution in [2.24, 2.45) is 0 Å². The van der Waals surface area contributed by atoms with Gasteiger partial charge in [0.05, 0.1) is 25.5 Å². The topological polar surface area (TPSA) is 79.1 Å². The van der Waals surface area contributed by atoms with E-state index in [9.17, 15) is 4.79 Å². The molecule has 3 rings (SSSR count). The Kier molecular flexibility index (Phi) is 6.43. The van der Waals surface area contributed by atoms with Gasteiger partial charge in [0.25, 0.3) is 0 Å². The SMILES string of the molecule is COc1ccc(C(=O)CCCSc2nnnn2-c2ccccc2)c(OC)c1. The number of nitrogens with zero attached hydrogens (tertiary/aromatic N) is 4. The summed E-state index contributed by atoms with van der Waals surface area (Å²) in [6, 6.07) is 14.9. The van der Waals surface area contributed by atoms with E-state index in [1.54, 1.807) is 37.1 Å². The summed E-state index contributed by atoms with van der Waals surface area (Å²) in [5.41, 5.74) is 1.47. The molecule has 0 unspecified atom stereocenters. The molecule has 0 saturated carbocycles. The Morgan fingerprint density at radius 3 is 2.67 bits per heavy atom. The van der Waals surface area contributed by atoms with E-state index in [1.807, 2.05) is 30.3 Å². The number of ether oxygens (including phenoxy) is 2. The molecule has 0 aliphatic heterocycles. The molecule has 0 aliphatic rings. The number of ketones is 1. The second kappa shape index (κ2) is 9.18. The van der Waals surface area contributed by atoms with Gasteiger partial charge in [-0.3, -0.25) is 4.79 Å². The second-order valence-corrected chi connectivity index (χ2v) is 6.71. The van der Waals surface area contributed by atoms with E-state index < -0.39 is 0 Å². The van der Waals surface area contributed by atoms with E-state index in [0.717, 1.165) is 11.4 Å². The third-order valence-corrected chi connectivity index (χ3v) is 4.94. The Morgan fingerprint density at radius 2 is 1.93 bits per heavy atom. The third-order valence-electron chi connectivity index (χ3n) is 3.93. The first-order valence-corrected chi connectivity index (χ1v) is 9.43. The normalized spacial score (nSPS) is 10.6. The van der Waals surface area contributed by atoms with Crippen molar-refractivity contribution in [3.8, 4) is 17.2 Å². The van der Waals surface area contributed by atoms with Crippen LogP contribution in [-0.2, 0) is 0 Å². The van der Waals surface area contributed by atoms with Crippen molar-refractivity contribution in [2.45, 2.75) is 18.0 Å². The number of methoxy groups -OCH3 is 2. The quantitative estimate of drug-likeness (QED) is 0.318. The number of thioether (sulfide) groups is 1. The van der Waals surface area contributed by atoms with Crippen LogP contribution in [0.2, 0.25) is 0 Å². The van der Waals surface area contributed by atoms with Gasteiger partial charge in [-0.2, -0.15) is 4.68 Å². The molecule has 0 amide bonds. The molecule has 0 spiro atoms. The lowest BCUT2D eigenvalue weighted by atomic mass is 10.1. The van der Waals surface area contributed by atoms with Crippen molar-refractivity contribution in [3.63, 3.8) is 0 Å². The monoisotopic (exact) mass is 384 g/mol. The van der Waals surface area contributed by atoms with Gasteiger partial charge in [-0.25, -0.2) is 0 Å². The number of benzene rings is 2. The lowest BCUT2D eigenvalue weighted by Crippen LogP contribution is -2.03. The molecule has 0 bridgehead atoms. The van der Waals surface area contributed by atoms with E-state index in [2.05, 4.69) is 15.5 Å². The lowest BCUT2D eigenvalue weighted by molar-refractivity contribution is 0.0979. The molecule has 0 atom stereocenters. The summed E-state index contributed by atoms with van der Waals surface area (Å²) in [6.45, 7) is 0. The van der Waals surface area contributed by atoms with Crippen molar-refractivity contribution in [3.05, 3.63) is 54.1 Å². The number of Topliss-reactive ketones (excluding diaryl/α,β-unsaturated/α-hetero) is 1. The molecule has 8 heteroatoms. The highest BCUT2D eigenvalue weighted by Crippen LogP contribution is 2.26. The third kappa shape index (κ3) is 4.65. The smallest absolute Gasteiger partial charge is 0.214 e. The molecule has 27 heavy (non-hydrogen) atoms. The van der Waals surface area contributed by atoms with Crippen LogP contribution in [0, 0.1) is 0 Å². The maximum Gasteiger partial charge on any atom is 0.214 e. The van der Waals surface area contributed by atoms with Crippen molar-refractivity contribution >= 4 is 17.5 Å². The lowest BCUT2D eigenvalue weighted by Gasteiger charge is -2.09. The van der Waals surface area contributed by atoms with E-state index in [0.29, 0.717) is 35.1 Å². The van der Waals surface area contributed by atoms with Crippen LogP contribution < -0.4 is 9.47 Å². The summed E-state index contributed by atoms with van der Waals surface area (Å²) in [6.07, 6.45) is 1.13. The molecule has 140 valence electrons. The zero-order chi connectivity index (χ0) is 19.1. The first kappa shape index (κ1) is 18.9.